The molecule has 1 aliphatic heterocycles. The molecular formula is C26H34ClFN6O4S. The van der Waals surface area contributed by atoms with Crippen LogP contribution < -0.4 is 10.5 Å². The summed E-state index contributed by atoms with van der Waals surface area (Å²) in [5, 5.41) is 8.42. The van der Waals surface area contributed by atoms with Gasteiger partial charge in [0.25, 0.3) is 5.91 Å². The van der Waals surface area contributed by atoms with Crippen molar-refractivity contribution in [1.29, 1.82) is 0 Å². The molecule has 10 nitrogen and oxygen atoms in total. The number of carbonyl (C=O) groups excluding carboxylic acids is 1. The van der Waals surface area contributed by atoms with Crippen LogP contribution in [0.3, 0.4) is 0 Å². The molecule has 0 atom stereocenters. The lowest BCUT2D eigenvalue weighted by Gasteiger charge is -2.20. The number of sulfonamides is 1. The van der Waals surface area contributed by atoms with Gasteiger partial charge in [-0.2, -0.15) is 4.31 Å². The van der Waals surface area contributed by atoms with Crippen molar-refractivity contribution in [1.82, 2.24) is 24.2 Å². The number of benzene rings is 2. The zero-order valence-electron chi connectivity index (χ0n) is 22.3. The number of rotatable bonds is 10. The van der Waals surface area contributed by atoms with E-state index in [4.69, 9.17) is 10.5 Å². The summed E-state index contributed by atoms with van der Waals surface area (Å²) in [5.74, 6) is -0.247. The number of hydrogen-bond acceptors (Lipinski definition) is 7. The molecule has 0 saturated carbocycles. The van der Waals surface area contributed by atoms with Crippen molar-refractivity contribution in [2.45, 2.75) is 38.1 Å². The zero-order valence-corrected chi connectivity index (χ0v) is 23.9. The quantitative estimate of drug-likeness (QED) is 0.388. The molecule has 4 rings (SSSR count). The Kier molecular flexibility index (Phi) is 10.1. The summed E-state index contributed by atoms with van der Waals surface area (Å²) in [4.78, 5) is 15.3. The topological polar surface area (TPSA) is 124 Å². The Bertz CT molecular complexity index is 1470. The third-order valence-electron chi connectivity index (χ3n) is 6.71. The Morgan fingerprint density at radius 2 is 1.85 bits per heavy atom. The number of nitrogens with zero attached hydrogens (tertiary/aromatic N) is 5. The van der Waals surface area contributed by atoms with Crippen molar-refractivity contribution in [2.24, 2.45) is 5.73 Å². The first kappa shape index (κ1) is 30.5. The summed E-state index contributed by atoms with van der Waals surface area (Å²) in [5.41, 5.74) is 7.55. The maximum absolute atomic E-state index is 14.4. The fraction of sp³-hybridized carbons (Fsp3) is 0.423. The van der Waals surface area contributed by atoms with E-state index in [-0.39, 0.29) is 36.3 Å². The van der Waals surface area contributed by atoms with Crippen molar-refractivity contribution in [3.05, 3.63) is 47.8 Å². The van der Waals surface area contributed by atoms with Crippen molar-refractivity contribution < 1.29 is 22.3 Å². The average Bonchev–Trinajstić information content (AvgIpc) is 3.59. The van der Waals surface area contributed by atoms with Crippen molar-refractivity contribution >= 4 is 39.4 Å². The number of allylic oxidation sites excluding steroid dienone is 1. The second-order valence-electron chi connectivity index (χ2n) is 8.98. The molecule has 1 aromatic heterocycles. The highest BCUT2D eigenvalue weighted by Gasteiger charge is 2.26. The predicted molar refractivity (Wildman–Crippen MR) is 150 cm³/mol. The van der Waals surface area contributed by atoms with Crippen LogP contribution in [-0.2, 0) is 16.6 Å². The molecule has 3 aromatic rings. The molecule has 0 spiro atoms. The highest BCUT2D eigenvalue weighted by molar-refractivity contribution is 7.89. The minimum absolute atomic E-state index is 0. The van der Waals surface area contributed by atoms with Gasteiger partial charge in [0.15, 0.2) is 0 Å². The third-order valence-corrected chi connectivity index (χ3v) is 8.75. The van der Waals surface area contributed by atoms with Crippen molar-refractivity contribution in [3.63, 3.8) is 0 Å². The number of carbonyl (C=O) groups is 1. The lowest BCUT2D eigenvalue weighted by Crippen LogP contribution is -2.30. The Morgan fingerprint density at radius 1 is 1.15 bits per heavy atom. The van der Waals surface area contributed by atoms with E-state index in [0.29, 0.717) is 59.7 Å². The lowest BCUT2D eigenvalue weighted by atomic mass is 9.99. The second-order valence-corrected chi connectivity index (χ2v) is 10.9. The van der Waals surface area contributed by atoms with E-state index in [9.17, 15) is 17.6 Å². The van der Waals surface area contributed by atoms with Gasteiger partial charge in [0.05, 0.1) is 24.1 Å². The number of likely N-dealkylation sites (tertiary alicyclic amines) is 1. The molecule has 0 bridgehead atoms. The van der Waals surface area contributed by atoms with E-state index >= 15 is 0 Å². The molecule has 2 N–H and O–H groups in total. The number of hydrogen-bond donors (Lipinski definition) is 1. The van der Waals surface area contributed by atoms with E-state index in [1.54, 1.807) is 36.9 Å². The Labute approximate surface area is 234 Å². The molecule has 2 aromatic carbocycles. The summed E-state index contributed by atoms with van der Waals surface area (Å²) in [6.07, 6.45) is 3.10. The fourth-order valence-corrected chi connectivity index (χ4v) is 6.21. The monoisotopic (exact) mass is 580 g/mol. The summed E-state index contributed by atoms with van der Waals surface area (Å²) >= 11 is 0. The summed E-state index contributed by atoms with van der Waals surface area (Å²) in [6, 6.07) is 7.94. The van der Waals surface area contributed by atoms with E-state index in [0.717, 1.165) is 12.8 Å². The molecule has 1 aliphatic rings. The molecule has 0 unspecified atom stereocenters. The van der Waals surface area contributed by atoms with Crippen molar-refractivity contribution in [2.75, 3.05) is 39.8 Å². The number of amides is 1. The number of fused-ring (bicyclic) bond motifs is 1. The van der Waals surface area contributed by atoms with Crippen LogP contribution in [0, 0.1) is 0 Å². The number of ether oxygens (including phenoxy) is 1. The van der Waals surface area contributed by atoms with Gasteiger partial charge < -0.3 is 15.4 Å². The van der Waals surface area contributed by atoms with Crippen LogP contribution in [0.1, 0.15) is 37.0 Å². The Balaban J connectivity index is 0.00000420. The fourth-order valence-electron chi connectivity index (χ4n) is 4.72. The van der Waals surface area contributed by atoms with Gasteiger partial charge in [-0.15, -0.1) is 17.5 Å². The average molecular weight is 581 g/mol. The van der Waals surface area contributed by atoms with Crippen LogP contribution in [0.5, 0.6) is 5.75 Å². The molecule has 1 saturated heterocycles. The molecule has 1 amide bonds. The normalized spacial score (nSPS) is 14.2. The van der Waals surface area contributed by atoms with Crippen LogP contribution in [0.15, 0.2) is 47.1 Å². The Morgan fingerprint density at radius 3 is 2.46 bits per heavy atom. The number of halogens is 2. The van der Waals surface area contributed by atoms with Gasteiger partial charge in [-0.3, -0.25) is 4.79 Å². The minimum Gasteiger partial charge on any atom is -0.496 e. The standard InChI is InChI=1S/C26H33FN6O4S.ClH/c1-4-32(5-2)38(35,36)20-8-9-24(37-3)21(16-20)22-14-18(26(34)31-12-6-7-13-31)15-23-25(22)29-30-33(23)17-19(27)10-11-28;/h8-10,14-16H,4-7,11-13,17,28H2,1-3H3;1H/b19-10-;. The highest BCUT2D eigenvalue weighted by atomic mass is 35.5. The summed E-state index contributed by atoms with van der Waals surface area (Å²) < 4.78 is 49.3. The van der Waals surface area contributed by atoms with Gasteiger partial charge in [-0.25, -0.2) is 17.5 Å². The summed E-state index contributed by atoms with van der Waals surface area (Å²) in [7, 11) is -2.29. The second kappa shape index (κ2) is 12.9. The summed E-state index contributed by atoms with van der Waals surface area (Å²) in [6.45, 7) is 5.32. The Hall–Kier alpha value is -3.06. The SMILES string of the molecule is CCN(CC)S(=O)(=O)c1ccc(OC)c(-c2cc(C(=O)N3CCCC3)cc3c2nnn3C/C(F)=C/CN)c1.Cl. The van der Waals surface area contributed by atoms with E-state index in [2.05, 4.69) is 10.3 Å². The molecular weight excluding hydrogens is 547 g/mol. The number of nitrogens with two attached hydrogens (primary N) is 1. The first-order valence-corrected chi connectivity index (χ1v) is 14.1. The molecule has 0 aliphatic carbocycles. The first-order valence-electron chi connectivity index (χ1n) is 12.6. The maximum Gasteiger partial charge on any atom is 0.253 e. The van der Waals surface area contributed by atoms with Gasteiger partial charge in [0.2, 0.25) is 10.0 Å². The van der Waals surface area contributed by atoms with Gasteiger partial charge in [-0.1, -0.05) is 19.1 Å². The van der Waals surface area contributed by atoms with Gasteiger partial charge in [-0.05, 0) is 49.2 Å². The predicted octanol–water partition coefficient (Wildman–Crippen LogP) is 3.61. The van der Waals surface area contributed by atoms with E-state index in [1.807, 2.05) is 0 Å². The van der Waals surface area contributed by atoms with Gasteiger partial charge >= 0.3 is 0 Å². The maximum atomic E-state index is 14.4. The highest BCUT2D eigenvalue weighted by Crippen LogP contribution is 2.38. The molecule has 39 heavy (non-hydrogen) atoms. The minimum atomic E-state index is -3.77. The number of aromatic nitrogens is 3. The van der Waals surface area contributed by atoms with Crippen LogP contribution >= 0.6 is 12.4 Å². The van der Waals surface area contributed by atoms with E-state index in [1.165, 1.54) is 34.3 Å². The molecule has 212 valence electrons. The molecule has 0 radical (unpaired) electrons. The zero-order chi connectivity index (χ0) is 27.4. The van der Waals surface area contributed by atoms with Crippen LogP contribution in [0.2, 0.25) is 0 Å². The lowest BCUT2D eigenvalue weighted by molar-refractivity contribution is 0.0793. The first-order chi connectivity index (χ1) is 18.2. The smallest absolute Gasteiger partial charge is 0.253 e. The van der Waals surface area contributed by atoms with Crippen LogP contribution in [-0.4, -0.2) is 78.4 Å². The van der Waals surface area contributed by atoms with Gasteiger partial charge in [0.1, 0.15) is 17.1 Å². The number of methoxy groups -OCH3 is 1. The molecule has 2 heterocycles. The largest absolute Gasteiger partial charge is 0.496 e. The molecule has 13 heteroatoms. The molecule has 1 fully saturated rings. The van der Waals surface area contributed by atoms with Gasteiger partial charge in [0, 0.05) is 49.4 Å². The van der Waals surface area contributed by atoms with E-state index < -0.39 is 15.9 Å². The third kappa shape index (κ3) is 6.08. The van der Waals surface area contributed by atoms with Crippen LogP contribution in [0.25, 0.3) is 22.2 Å². The van der Waals surface area contributed by atoms with Crippen molar-refractivity contribution in [3.8, 4) is 16.9 Å². The van der Waals surface area contributed by atoms with Crippen LogP contribution in [0.4, 0.5) is 4.39 Å².